The first-order valence-electron chi connectivity index (χ1n) is 10.9. The summed E-state index contributed by atoms with van der Waals surface area (Å²) in [5.74, 6) is 0.349. The third-order valence-corrected chi connectivity index (χ3v) is 6.35. The molecule has 2 aromatic carbocycles. The van der Waals surface area contributed by atoms with Crippen LogP contribution in [0.15, 0.2) is 74.3 Å². The number of anilines is 2. The third kappa shape index (κ3) is 4.71. The molecular weight excluding hydrogens is 498 g/mol. The summed E-state index contributed by atoms with van der Waals surface area (Å²) >= 11 is 3.38. The van der Waals surface area contributed by atoms with Gasteiger partial charge in [0.2, 0.25) is 0 Å². The van der Waals surface area contributed by atoms with Gasteiger partial charge in [-0.05, 0) is 55.6 Å². The molecule has 0 atom stereocenters. The molecule has 172 valence electrons. The number of halogens is 1. The number of likely N-dealkylation sites (N-methyl/N-ethyl adjacent to an activating group) is 1. The van der Waals surface area contributed by atoms with Crippen molar-refractivity contribution in [1.29, 1.82) is 0 Å². The third-order valence-electron chi connectivity index (χ3n) is 5.86. The Bertz CT molecular complexity index is 1400. The number of rotatable bonds is 4. The van der Waals surface area contributed by atoms with Crippen molar-refractivity contribution in [2.45, 2.75) is 0 Å². The van der Waals surface area contributed by atoms with E-state index in [0.29, 0.717) is 16.7 Å². The van der Waals surface area contributed by atoms with E-state index in [1.807, 2.05) is 24.3 Å². The van der Waals surface area contributed by atoms with Gasteiger partial charge in [0.1, 0.15) is 11.1 Å². The Kier molecular flexibility index (Phi) is 6.12. The van der Waals surface area contributed by atoms with Crippen molar-refractivity contribution in [3.05, 3.63) is 81.1 Å². The zero-order chi connectivity index (χ0) is 23.7. The quantitative estimate of drug-likeness (QED) is 0.407. The molecule has 34 heavy (non-hydrogen) atoms. The predicted octanol–water partition coefficient (Wildman–Crippen LogP) is 4.02. The molecule has 9 heteroatoms. The molecule has 0 aliphatic carbocycles. The number of amides is 1. The highest BCUT2D eigenvalue weighted by atomic mass is 79.9. The fourth-order valence-electron chi connectivity index (χ4n) is 3.86. The zero-order valence-electron chi connectivity index (χ0n) is 18.5. The molecule has 1 amide bonds. The Hall–Kier alpha value is -3.56. The number of piperazine rings is 1. The molecule has 3 heterocycles. The van der Waals surface area contributed by atoms with E-state index < -0.39 is 11.5 Å². The highest BCUT2D eigenvalue weighted by Gasteiger charge is 2.16. The molecule has 0 spiro atoms. The minimum Gasteiger partial charge on any atom is -0.422 e. The SMILES string of the molecule is CN1CCN(c2ccc(-c3ccc(NC(=O)c4cc5cc(Br)ccc5oc4=O)cc3)nn2)CC1. The van der Waals surface area contributed by atoms with E-state index in [0.717, 1.165) is 47.7 Å². The second-order valence-corrected chi connectivity index (χ2v) is 9.14. The Morgan fingerprint density at radius 3 is 2.44 bits per heavy atom. The highest BCUT2D eigenvalue weighted by Crippen LogP contribution is 2.23. The van der Waals surface area contributed by atoms with Gasteiger partial charge in [-0.25, -0.2) is 4.79 Å². The van der Waals surface area contributed by atoms with E-state index in [2.05, 4.69) is 48.3 Å². The zero-order valence-corrected chi connectivity index (χ0v) is 20.1. The van der Waals surface area contributed by atoms with Gasteiger partial charge in [-0.1, -0.05) is 28.1 Å². The second-order valence-electron chi connectivity index (χ2n) is 8.23. The Morgan fingerprint density at radius 1 is 0.971 bits per heavy atom. The summed E-state index contributed by atoms with van der Waals surface area (Å²) in [6.07, 6.45) is 0. The average molecular weight is 520 g/mol. The van der Waals surface area contributed by atoms with Crippen molar-refractivity contribution < 1.29 is 9.21 Å². The monoisotopic (exact) mass is 519 g/mol. The van der Waals surface area contributed by atoms with Crippen molar-refractivity contribution in [3.63, 3.8) is 0 Å². The highest BCUT2D eigenvalue weighted by molar-refractivity contribution is 9.10. The number of nitrogens with zero attached hydrogens (tertiary/aromatic N) is 4. The Labute approximate surface area is 204 Å². The standard InChI is InChI=1S/C25H22BrN5O3/c1-30-10-12-31(13-11-30)23-9-7-21(28-29-23)16-2-5-19(6-3-16)27-24(32)20-15-17-14-18(26)4-8-22(17)34-25(20)33/h2-9,14-15H,10-13H2,1H3,(H,27,32). The van der Waals surface area contributed by atoms with Gasteiger partial charge in [0.05, 0.1) is 5.69 Å². The molecule has 0 bridgehead atoms. The molecule has 1 aliphatic rings. The van der Waals surface area contributed by atoms with Crippen LogP contribution in [0.2, 0.25) is 0 Å². The van der Waals surface area contributed by atoms with E-state index in [1.165, 1.54) is 6.07 Å². The smallest absolute Gasteiger partial charge is 0.349 e. The maximum Gasteiger partial charge on any atom is 0.349 e. The van der Waals surface area contributed by atoms with Crippen molar-refractivity contribution in [1.82, 2.24) is 15.1 Å². The van der Waals surface area contributed by atoms with Crippen molar-refractivity contribution in [2.75, 3.05) is 43.4 Å². The van der Waals surface area contributed by atoms with Crippen LogP contribution in [0.3, 0.4) is 0 Å². The van der Waals surface area contributed by atoms with E-state index in [1.54, 1.807) is 30.3 Å². The van der Waals surface area contributed by atoms with Crippen molar-refractivity contribution >= 4 is 44.3 Å². The van der Waals surface area contributed by atoms with Crippen LogP contribution in [-0.2, 0) is 0 Å². The number of nitrogens with one attached hydrogen (secondary N) is 1. The average Bonchev–Trinajstić information content (AvgIpc) is 2.85. The van der Waals surface area contributed by atoms with Gasteiger partial charge in [-0.15, -0.1) is 10.2 Å². The molecule has 2 aromatic heterocycles. The topological polar surface area (TPSA) is 91.6 Å². The summed E-state index contributed by atoms with van der Waals surface area (Å²) in [7, 11) is 2.12. The summed E-state index contributed by atoms with van der Waals surface area (Å²) < 4.78 is 6.11. The largest absolute Gasteiger partial charge is 0.422 e. The van der Waals surface area contributed by atoms with Crippen LogP contribution in [0, 0.1) is 0 Å². The number of aromatic nitrogens is 2. The Balaban J connectivity index is 1.29. The lowest BCUT2D eigenvalue weighted by atomic mass is 10.1. The number of fused-ring (bicyclic) bond motifs is 1. The van der Waals surface area contributed by atoms with Crippen molar-refractivity contribution in [3.8, 4) is 11.3 Å². The van der Waals surface area contributed by atoms with Crippen LogP contribution in [-0.4, -0.2) is 54.2 Å². The molecule has 8 nitrogen and oxygen atoms in total. The molecule has 1 saturated heterocycles. The van der Waals surface area contributed by atoms with Crippen LogP contribution in [0.4, 0.5) is 11.5 Å². The molecule has 4 aromatic rings. The number of carbonyl (C=O) groups excluding carboxylic acids is 1. The van der Waals surface area contributed by atoms with Crippen LogP contribution >= 0.6 is 15.9 Å². The number of hydrogen-bond donors (Lipinski definition) is 1. The van der Waals surface area contributed by atoms with Crippen LogP contribution in [0.25, 0.3) is 22.2 Å². The van der Waals surface area contributed by atoms with Crippen LogP contribution in [0.5, 0.6) is 0 Å². The summed E-state index contributed by atoms with van der Waals surface area (Å²) in [5, 5.41) is 12.2. The lowest BCUT2D eigenvalue weighted by Crippen LogP contribution is -2.44. The first-order valence-corrected chi connectivity index (χ1v) is 11.7. The number of carbonyl (C=O) groups is 1. The number of benzene rings is 2. The fourth-order valence-corrected chi connectivity index (χ4v) is 4.24. The Morgan fingerprint density at radius 2 is 1.74 bits per heavy atom. The van der Waals surface area contributed by atoms with Gasteiger partial charge in [0.25, 0.3) is 5.91 Å². The first-order chi connectivity index (χ1) is 16.5. The molecule has 0 unspecified atom stereocenters. The second kappa shape index (κ2) is 9.36. The van der Waals surface area contributed by atoms with E-state index in [9.17, 15) is 9.59 Å². The van der Waals surface area contributed by atoms with Gasteiger partial charge < -0.3 is 19.5 Å². The number of hydrogen-bond acceptors (Lipinski definition) is 7. The van der Waals surface area contributed by atoms with Gasteiger partial charge in [-0.2, -0.15) is 0 Å². The normalized spacial score (nSPS) is 14.4. The molecule has 0 radical (unpaired) electrons. The van der Waals surface area contributed by atoms with Gasteiger partial charge >= 0.3 is 5.63 Å². The minimum atomic E-state index is -0.681. The minimum absolute atomic E-state index is 0.0555. The lowest BCUT2D eigenvalue weighted by molar-refractivity contribution is 0.102. The van der Waals surface area contributed by atoms with Crippen molar-refractivity contribution in [2.24, 2.45) is 0 Å². The molecule has 1 aliphatic heterocycles. The fraction of sp³-hybridized carbons (Fsp3) is 0.200. The molecule has 0 saturated carbocycles. The summed E-state index contributed by atoms with van der Waals surface area (Å²) in [6, 6.07) is 18.0. The summed E-state index contributed by atoms with van der Waals surface area (Å²) in [5.41, 5.74) is 1.88. The maximum absolute atomic E-state index is 12.7. The van der Waals surface area contributed by atoms with E-state index in [4.69, 9.17) is 4.42 Å². The van der Waals surface area contributed by atoms with Gasteiger partial charge in [0.15, 0.2) is 5.82 Å². The molecular formula is C25H22BrN5O3. The summed E-state index contributed by atoms with van der Waals surface area (Å²) in [6.45, 7) is 3.89. The molecule has 5 rings (SSSR count). The first kappa shape index (κ1) is 22.2. The molecule has 1 fully saturated rings. The summed E-state index contributed by atoms with van der Waals surface area (Å²) in [4.78, 5) is 29.5. The van der Waals surface area contributed by atoms with Crippen LogP contribution < -0.4 is 15.8 Å². The van der Waals surface area contributed by atoms with Gasteiger partial charge in [0, 0.05) is 47.3 Å². The molecule has 1 N–H and O–H groups in total. The van der Waals surface area contributed by atoms with Crippen LogP contribution in [0.1, 0.15) is 10.4 Å². The van der Waals surface area contributed by atoms with E-state index >= 15 is 0 Å². The van der Waals surface area contributed by atoms with E-state index in [-0.39, 0.29) is 5.56 Å². The predicted molar refractivity (Wildman–Crippen MR) is 135 cm³/mol. The van der Waals surface area contributed by atoms with Gasteiger partial charge in [-0.3, -0.25) is 4.79 Å². The maximum atomic E-state index is 12.7. The lowest BCUT2D eigenvalue weighted by Gasteiger charge is -2.32.